The van der Waals surface area contributed by atoms with Gasteiger partial charge in [0.2, 0.25) is 0 Å². The molecule has 1 aliphatic carbocycles. The zero-order valence-corrected chi connectivity index (χ0v) is 16.9. The maximum atomic E-state index is 11.3. The second kappa shape index (κ2) is 10.3. The Labute approximate surface area is 163 Å². The Morgan fingerprint density at radius 2 is 1.96 bits per heavy atom. The fraction of sp³-hybridized carbons (Fsp3) is 0.545. The zero-order valence-electron chi connectivity index (χ0n) is 16.9. The highest BCUT2D eigenvalue weighted by Crippen LogP contribution is 2.28. The summed E-state index contributed by atoms with van der Waals surface area (Å²) in [5, 5.41) is 9.22. The van der Waals surface area contributed by atoms with E-state index in [1.165, 1.54) is 39.2 Å². The molecule has 27 heavy (non-hydrogen) atoms. The molecule has 148 valence electrons. The Hall–Kier alpha value is -2.14. The van der Waals surface area contributed by atoms with Crippen LogP contribution in [-0.2, 0) is 11.3 Å². The third-order valence-corrected chi connectivity index (χ3v) is 5.31. The van der Waals surface area contributed by atoms with E-state index in [0.717, 1.165) is 35.1 Å². The number of nitrogens with one attached hydrogen (secondary N) is 1. The molecule has 3 rings (SSSR count). The lowest BCUT2D eigenvalue weighted by Crippen LogP contribution is -2.33. The number of aldehydes is 1. The van der Waals surface area contributed by atoms with E-state index in [-0.39, 0.29) is 12.0 Å². The van der Waals surface area contributed by atoms with Crippen LogP contribution < -0.4 is 11.1 Å². The predicted molar refractivity (Wildman–Crippen MR) is 113 cm³/mol. The average molecular weight is 371 g/mol. The fourth-order valence-corrected chi connectivity index (χ4v) is 3.73. The molecule has 1 fully saturated rings. The molecule has 1 unspecified atom stereocenters. The van der Waals surface area contributed by atoms with Crippen LogP contribution in [0.4, 0.5) is 0 Å². The molecule has 0 bridgehead atoms. The number of carbonyl (C=O) groups is 1. The van der Waals surface area contributed by atoms with Crippen LogP contribution >= 0.6 is 0 Å². The van der Waals surface area contributed by atoms with Crippen LogP contribution in [0.25, 0.3) is 16.6 Å². The molecule has 1 atom stereocenters. The number of nitrogens with zero attached hydrogens (tertiary/aromatic N) is 2. The standard InChI is InChI=1S/C21H29N3O.CH5N/c1-15(2)19(14-25)22-16(3)21-18-11-7-8-12-20(18)24(23-21)13-17-9-5-4-6-10-17;1-2/h7-8,11-12,14-15,17,19,22H,3-6,9-10,13H2,1-2H3;2H2,1H3. The summed E-state index contributed by atoms with van der Waals surface area (Å²) >= 11 is 0. The van der Waals surface area contributed by atoms with Crippen molar-refractivity contribution in [2.75, 3.05) is 7.05 Å². The number of rotatable bonds is 7. The SMILES string of the molecule is C=C(NC(C=O)C(C)C)c1nn(CC2CCCCC2)c2ccccc12.CN. The Bertz CT molecular complexity index is 744. The van der Waals surface area contributed by atoms with E-state index in [1.54, 1.807) is 0 Å². The molecule has 5 heteroatoms. The Balaban J connectivity index is 0.00000126. The van der Waals surface area contributed by atoms with Gasteiger partial charge < -0.3 is 15.8 Å². The lowest BCUT2D eigenvalue weighted by molar-refractivity contribution is -0.110. The van der Waals surface area contributed by atoms with Crippen LogP contribution in [0.1, 0.15) is 51.6 Å². The van der Waals surface area contributed by atoms with Crippen molar-refractivity contribution in [1.82, 2.24) is 15.1 Å². The van der Waals surface area contributed by atoms with E-state index in [1.807, 2.05) is 19.9 Å². The van der Waals surface area contributed by atoms with Gasteiger partial charge in [0.15, 0.2) is 0 Å². The van der Waals surface area contributed by atoms with Crippen LogP contribution in [0.2, 0.25) is 0 Å². The van der Waals surface area contributed by atoms with Crippen molar-refractivity contribution in [2.45, 2.75) is 58.5 Å². The second-order valence-corrected chi connectivity index (χ2v) is 7.58. The maximum Gasteiger partial charge on any atom is 0.142 e. The first-order valence-corrected chi connectivity index (χ1v) is 10.0. The van der Waals surface area contributed by atoms with Gasteiger partial charge in [-0.05, 0) is 37.8 Å². The van der Waals surface area contributed by atoms with E-state index >= 15 is 0 Å². The van der Waals surface area contributed by atoms with E-state index in [9.17, 15) is 4.79 Å². The van der Waals surface area contributed by atoms with Crippen molar-refractivity contribution >= 4 is 22.9 Å². The van der Waals surface area contributed by atoms with Crippen LogP contribution in [0.3, 0.4) is 0 Å². The van der Waals surface area contributed by atoms with Gasteiger partial charge in [-0.25, -0.2) is 0 Å². The third-order valence-electron chi connectivity index (χ3n) is 5.31. The number of aromatic nitrogens is 2. The number of benzene rings is 1. The topological polar surface area (TPSA) is 72.9 Å². The van der Waals surface area contributed by atoms with Crippen molar-refractivity contribution < 1.29 is 4.79 Å². The average Bonchev–Trinajstić information content (AvgIpc) is 3.07. The van der Waals surface area contributed by atoms with Crippen molar-refractivity contribution in [1.29, 1.82) is 0 Å². The van der Waals surface area contributed by atoms with Crippen LogP contribution in [0.5, 0.6) is 0 Å². The Kier molecular flexibility index (Phi) is 8.04. The molecule has 1 heterocycles. The zero-order chi connectivity index (χ0) is 19.8. The highest BCUT2D eigenvalue weighted by atomic mass is 16.1. The van der Waals surface area contributed by atoms with Gasteiger partial charge in [0.25, 0.3) is 0 Å². The first-order valence-electron chi connectivity index (χ1n) is 10.0. The van der Waals surface area contributed by atoms with E-state index in [4.69, 9.17) is 5.10 Å². The number of hydrogen-bond donors (Lipinski definition) is 2. The lowest BCUT2D eigenvalue weighted by Gasteiger charge is -2.21. The van der Waals surface area contributed by atoms with Crippen LogP contribution in [0, 0.1) is 11.8 Å². The van der Waals surface area contributed by atoms with Crippen molar-refractivity contribution in [3.63, 3.8) is 0 Å². The minimum Gasteiger partial charge on any atom is -0.374 e. The molecule has 0 spiro atoms. The van der Waals surface area contributed by atoms with Crippen molar-refractivity contribution in [2.24, 2.45) is 17.6 Å². The first kappa shape index (κ1) is 21.2. The highest BCUT2D eigenvalue weighted by Gasteiger charge is 2.20. The van der Waals surface area contributed by atoms with Gasteiger partial charge in [-0.2, -0.15) is 5.10 Å². The molecule has 3 N–H and O–H groups in total. The summed E-state index contributed by atoms with van der Waals surface area (Å²) in [6, 6.07) is 8.07. The van der Waals surface area contributed by atoms with E-state index < -0.39 is 0 Å². The van der Waals surface area contributed by atoms with Gasteiger partial charge in [-0.15, -0.1) is 0 Å². The molecule has 0 radical (unpaired) electrons. The predicted octanol–water partition coefficient (Wildman–Crippen LogP) is 3.98. The molecule has 1 aliphatic rings. The molecule has 5 nitrogen and oxygen atoms in total. The molecule has 0 aliphatic heterocycles. The summed E-state index contributed by atoms with van der Waals surface area (Å²) in [7, 11) is 1.50. The monoisotopic (exact) mass is 370 g/mol. The van der Waals surface area contributed by atoms with Gasteiger partial charge in [0.1, 0.15) is 12.0 Å². The molecular formula is C22H34N4O. The van der Waals surface area contributed by atoms with Crippen LogP contribution in [0.15, 0.2) is 30.8 Å². The van der Waals surface area contributed by atoms with Crippen LogP contribution in [-0.4, -0.2) is 29.2 Å². The van der Waals surface area contributed by atoms with Crippen molar-refractivity contribution in [3.8, 4) is 0 Å². The Morgan fingerprint density at radius 3 is 2.59 bits per heavy atom. The normalized spacial score (nSPS) is 15.9. The lowest BCUT2D eigenvalue weighted by atomic mass is 9.89. The molecule has 0 saturated heterocycles. The second-order valence-electron chi connectivity index (χ2n) is 7.58. The Morgan fingerprint density at radius 1 is 1.30 bits per heavy atom. The summed E-state index contributed by atoms with van der Waals surface area (Å²) in [6.07, 6.45) is 7.58. The number of carbonyl (C=O) groups excluding carboxylic acids is 1. The summed E-state index contributed by atoms with van der Waals surface area (Å²) < 4.78 is 2.14. The number of nitrogens with two attached hydrogens (primary N) is 1. The highest BCUT2D eigenvalue weighted by molar-refractivity contribution is 5.90. The smallest absolute Gasteiger partial charge is 0.142 e. The van der Waals surface area contributed by atoms with Gasteiger partial charge in [0, 0.05) is 11.9 Å². The van der Waals surface area contributed by atoms with E-state index in [0.29, 0.717) is 5.92 Å². The molecule has 1 saturated carbocycles. The summed E-state index contributed by atoms with van der Waals surface area (Å²) in [6.45, 7) is 9.18. The summed E-state index contributed by atoms with van der Waals surface area (Å²) in [5.74, 6) is 0.925. The van der Waals surface area contributed by atoms with Gasteiger partial charge in [0.05, 0.1) is 17.3 Å². The largest absolute Gasteiger partial charge is 0.374 e. The molecule has 2 aromatic rings. The van der Waals surface area contributed by atoms with Gasteiger partial charge >= 0.3 is 0 Å². The van der Waals surface area contributed by atoms with Gasteiger partial charge in [-0.3, -0.25) is 4.68 Å². The van der Waals surface area contributed by atoms with Gasteiger partial charge in [-0.1, -0.05) is 57.9 Å². The number of para-hydroxylation sites is 1. The first-order chi connectivity index (χ1) is 13.1. The summed E-state index contributed by atoms with van der Waals surface area (Å²) in [4.78, 5) is 11.3. The maximum absolute atomic E-state index is 11.3. The quantitative estimate of drug-likeness (QED) is 0.723. The van der Waals surface area contributed by atoms with E-state index in [2.05, 4.69) is 40.5 Å². The molecule has 0 amide bonds. The summed E-state index contributed by atoms with van der Waals surface area (Å²) in [5.41, 5.74) is 7.24. The number of fused-ring (bicyclic) bond motifs is 1. The molecular weight excluding hydrogens is 336 g/mol. The molecule has 1 aromatic carbocycles. The molecule has 1 aromatic heterocycles. The minimum absolute atomic E-state index is 0.213. The number of hydrogen-bond acceptors (Lipinski definition) is 4. The minimum atomic E-state index is -0.241. The fourth-order valence-electron chi connectivity index (χ4n) is 3.73. The third kappa shape index (κ3) is 5.19. The van der Waals surface area contributed by atoms with Crippen molar-refractivity contribution in [3.05, 3.63) is 36.5 Å².